The van der Waals surface area contributed by atoms with Gasteiger partial charge in [0.2, 0.25) is 17.7 Å². The third-order valence-corrected chi connectivity index (χ3v) is 3.92. The summed E-state index contributed by atoms with van der Waals surface area (Å²) in [5, 5.41) is 0. The summed E-state index contributed by atoms with van der Waals surface area (Å²) in [4.78, 5) is 38.1. The summed E-state index contributed by atoms with van der Waals surface area (Å²) in [6, 6.07) is 0.117. The first-order chi connectivity index (χ1) is 9.13. The van der Waals surface area contributed by atoms with Crippen LogP contribution in [0.4, 0.5) is 0 Å². The van der Waals surface area contributed by atoms with E-state index in [1.165, 1.54) is 4.90 Å². The van der Waals surface area contributed by atoms with E-state index in [0.29, 0.717) is 6.54 Å². The molecule has 1 atom stereocenters. The van der Waals surface area contributed by atoms with Gasteiger partial charge < -0.3 is 10.6 Å². The van der Waals surface area contributed by atoms with Crippen LogP contribution in [0.5, 0.6) is 0 Å². The van der Waals surface area contributed by atoms with E-state index in [0.717, 1.165) is 25.8 Å². The van der Waals surface area contributed by atoms with Crippen molar-refractivity contribution in [3.63, 3.8) is 0 Å². The van der Waals surface area contributed by atoms with E-state index in [-0.39, 0.29) is 62.0 Å². The molecule has 2 heterocycles. The predicted octanol–water partition coefficient (Wildman–Crippen LogP) is 0.287. The quantitative estimate of drug-likeness (QED) is 0.757. The Kier molecular flexibility index (Phi) is 6.42. The Bertz CT molecular complexity index is 373. The summed E-state index contributed by atoms with van der Waals surface area (Å²) in [5.41, 5.74) is 5.68. The molecular formula is C13H22ClN3O3. The fourth-order valence-corrected chi connectivity index (χ4v) is 2.80. The second-order valence-electron chi connectivity index (χ2n) is 5.16. The minimum absolute atomic E-state index is 0. The van der Waals surface area contributed by atoms with Crippen molar-refractivity contribution in [2.45, 2.75) is 44.6 Å². The molecule has 3 amide bonds. The average molecular weight is 304 g/mol. The SMILES string of the molecule is Cl.NCC1CCCCN1C(=O)CCN1C(=O)CCC1=O. The fraction of sp³-hybridized carbons (Fsp3) is 0.769. The van der Waals surface area contributed by atoms with Crippen molar-refractivity contribution in [2.24, 2.45) is 5.73 Å². The Morgan fingerprint density at radius 2 is 1.85 bits per heavy atom. The van der Waals surface area contributed by atoms with Crippen molar-refractivity contribution in [2.75, 3.05) is 19.6 Å². The highest BCUT2D eigenvalue weighted by atomic mass is 35.5. The summed E-state index contributed by atoms with van der Waals surface area (Å²) in [5.74, 6) is -0.318. The average Bonchev–Trinajstić information content (AvgIpc) is 2.75. The molecule has 20 heavy (non-hydrogen) atoms. The number of hydrogen-bond donors (Lipinski definition) is 1. The second-order valence-corrected chi connectivity index (χ2v) is 5.16. The molecule has 7 heteroatoms. The van der Waals surface area contributed by atoms with E-state index in [2.05, 4.69) is 0 Å². The molecule has 2 rings (SSSR count). The minimum atomic E-state index is -0.160. The number of likely N-dealkylation sites (tertiary alicyclic amines) is 2. The maximum absolute atomic E-state index is 12.2. The number of amides is 3. The number of carbonyl (C=O) groups is 3. The number of nitrogens with two attached hydrogens (primary N) is 1. The Morgan fingerprint density at radius 1 is 1.20 bits per heavy atom. The van der Waals surface area contributed by atoms with E-state index in [4.69, 9.17) is 5.73 Å². The molecule has 2 aliphatic rings. The van der Waals surface area contributed by atoms with Crippen molar-refractivity contribution in [1.82, 2.24) is 9.80 Å². The zero-order chi connectivity index (χ0) is 13.8. The maximum atomic E-state index is 12.2. The monoisotopic (exact) mass is 303 g/mol. The Balaban J connectivity index is 0.00000200. The van der Waals surface area contributed by atoms with Crippen LogP contribution < -0.4 is 5.73 Å². The van der Waals surface area contributed by atoms with Crippen LogP contribution in [0, 0.1) is 0 Å². The van der Waals surface area contributed by atoms with E-state index in [1.807, 2.05) is 4.90 Å². The molecule has 0 bridgehead atoms. The highest BCUT2D eigenvalue weighted by Gasteiger charge is 2.31. The van der Waals surface area contributed by atoms with Gasteiger partial charge in [-0.3, -0.25) is 19.3 Å². The zero-order valence-electron chi connectivity index (χ0n) is 11.5. The van der Waals surface area contributed by atoms with Gasteiger partial charge in [-0.05, 0) is 19.3 Å². The Hall–Kier alpha value is -1.14. The summed E-state index contributed by atoms with van der Waals surface area (Å²) in [7, 11) is 0. The van der Waals surface area contributed by atoms with E-state index in [1.54, 1.807) is 0 Å². The molecule has 2 N–H and O–H groups in total. The van der Waals surface area contributed by atoms with Gasteiger partial charge in [0, 0.05) is 44.9 Å². The number of halogens is 1. The first-order valence-corrected chi connectivity index (χ1v) is 6.96. The third-order valence-electron chi connectivity index (χ3n) is 3.92. The van der Waals surface area contributed by atoms with Gasteiger partial charge in [-0.2, -0.15) is 0 Å². The lowest BCUT2D eigenvalue weighted by Crippen LogP contribution is -2.48. The van der Waals surface area contributed by atoms with Crippen LogP contribution in [-0.4, -0.2) is 53.2 Å². The van der Waals surface area contributed by atoms with Gasteiger partial charge in [0.05, 0.1) is 0 Å². The van der Waals surface area contributed by atoms with Gasteiger partial charge in [-0.25, -0.2) is 0 Å². The molecular weight excluding hydrogens is 282 g/mol. The second kappa shape index (κ2) is 7.59. The first kappa shape index (κ1) is 16.9. The summed E-state index contributed by atoms with van der Waals surface area (Å²) in [6.45, 7) is 1.43. The lowest BCUT2D eigenvalue weighted by molar-refractivity contribution is -0.140. The van der Waals surface area contributed by atoms with Crippen molar-refractivity contribution in [1.29, 1.82) is 0 Å². The van der Waals surface area contributed by atoms with Gasteiger partial charge in [-0.1, -0.05) is 0 Å². The molecule has 114 valence electrons. The number of carbonyl (C=O) groups excluding carboxylic acids is 3. The van der Waals surface area contributed by atoms with Crippen LogP contribution in [0.3, 0.4) is 0 Å². The summed E-state index contributed by atoms with van der Waals surface area (Å²) < 4.78 is 0. The van der Waals surface area contributed by atoms with E-state index in [9.17, 15) is 14.4 Å². The number of nitrogens with zero attached hydrogens (tertiary/aromatic N) is 2. The van der Waals surface area contributed by atoms with Crippen molar-refractivity contribution >= 4 is 30.1 Å². The van der Waals surface area contributed by atoms with Gasteiger partial charge >= 0.3 is 0 Å². The molecule has 6 nitrogen and oxygen atoms in total. The Morgan fingerprint density at radius 3 is 2.45 bits per heavy atom. The highest BCUT2D eigenvalue weighted by Crippen LogP contribution is 2.18. The van der Waals surface area contributed by atoms with Crippen LogP contribution in [-0.2, 0) is 14.4 Å². The standard InChI is InChI=1S/C13H21N3O3.ClH/c14-9-10-3-1-2-7-15(10)13(19)6-8-16-11(17)4-5-12(16)18;/h10H,1-9,14H2;1H. The van der Waals surface area contributed by atoms with Crippen molar-refractivity contribution < 1.29 is 14.4 Å². The molecule has 2 aliphatic heterocycles. The molecule has 0 spiro atoms. The van der Waals surface area contributed by atoms with Gasteiger partial charge in [0.1, 0.15) is 0 Å². The minimum Gasteiger partial charge on any atom is -0.338 e. The summed E-state index contributed by atoms with van der Waals surface area (Å²) in [6.07, 6.45) is 3.83. The molecule has 0 saturated carbocycles. The topological polar surface area (TPSA) is 83.7 Å². The molecule has 0 aromatic heterocycles. The third kappa shape index (κ3) is 3.70. The molecule has 0 aliphatic carbocycles. The van der Waals surface area contributed by atoms with Crippen LogP contribution >= 0.6 is 12.4 Å². The molecule has 2 saturated heterocycles. The number of rotatable bonds is 4. The largest absolute Gasteiger partial charge is 0.338 e. The molecule has 2 fully saturated rings. The summed E-state index contributed by atoms with van der Waals surface area (Å²) >= 11 is 0. The van der Waals surface area contributed by atoms with Gasteiger partial charge in [0.15, 0.2) is 0 Å². The van der Waals surface area contributed by atoms with Gasteiger partial charge in [0.25, 0.3) is 0 Å². The maximum Gasteiger partial charge on any atom is 0.229 e. The number of hydrogen-bond acceptors (Lipinski definition) is 4. The first-order valence-electron chi connectivity index (χ1n) is 6.96. The van der Waals surface area contributed by atoms with E-state index < -0.39 is 0 Å². The normalized spacial score (nSPS) is 22.9. The molecule has 0 aromatic rings. The molecule has 1 unspecified atom stereocenters. The number of piperidine rings is 1. The highest BCUT2D eigenvalue weighted by molar-refractivity contribution is 6.02. The Labute approximate surface area is 125 Å². The fourth-order valence-electron chi connectivity index (χ4n) is 2.80. The number of imide groups is 1. The lowest BCUT2D eigenvalue weighted by atomic mass is 10.0. The smallest absolute Gasteiger partial charge is 0.229 e. The van der Waals surface area contributed by atoms with Crippen LogP contribution in [0.25, 0.3) is 0 Å². The van der Waals surface area contributed by atoms with Crippen LogP contribution in [0.1, 0.15) is 38.5 Å². The predicted molar refractivity (Wildman–Crippen MR) is 76.2 cm³/mol. The van der Waals surface area contributed by atoms with Crippen LogP contribution in [0.15, 0.2) is 0 Å². The lowest BCUT2D eigenvalue weighted by Gasteiger charge is -2.35. The van der Waals surface area contributed by atoms with Gasteiger partial charge in [-0.15, -0.1) is 12.4 Å². The molecule has 0 radical (unpaired) electrons. The van der Waals surface area contributed by atoms with Crippen molar-refractivity contribution in [3.05, 3.63) is 0 Å². The molecule has 0 aromatic carbocycles. The van der Waals surface area contributed by atoms with Crippen molar-refractivity contribution in [3.8, 4) is 0 Å². The van der Waals surface area contributed by atoms with E-state index >= 15 is 0 Å². The zero-order valence-corrected chi connectivity index (χ0v) is 12.4. The van der Waals surface area contributed by atoms with Crippen LogP contribution in [0.2, 0.25) is 0 Å².